The summed E-state index contributed by atoms with van der Waals surface area (Å²) in [4.78, 5) is 0. The van der Waals surface area contributed by atoms with Crippen LogP contribution in [0.5, 0.6) is 0 Å². The van der Waals surface area contributed by atoms with Crippen LogP contribution >= 0.6 is 69.6 Å². The van der Waals surface area contributed by atoms with Crippen molar-refractivity contribution < 1.29 is 0 Å². The van der Waals surface area contributed by atoms with Gasteiger partial charge in [-0.05, 0) is 11.6 Å². The van der Waals surface area contributed by atoms with Crippen LogP contribution in [0.15, 0.2) is 35.9 Å². The Bertz CT molecular complexity index is 355. The molecule has 0 fully saturated rings. The highest BCUT2D eigenvalue weighted by atomic mass is 35.6. The first-order chi connectivity index (χ1) is 7.21. The zero-order valence-corrected chi connectivity index (χ0v) is 12.3. The molecule has 88 valence electrons. The van der Waals surface area contributed by atoms with Crippen LogP contribution in [0.2, 0.25) is 0 Å². The molecular formula is C10H6Cl6. The van der Waals surface area contributed by atoms with Crippen molar-refractivity contribution in [2.45, 2.75) is 7.59 Å². The Kier molecular flexibility index (Phi) is 5.13. The second-order valence-electron chi connectivity index (χ2n) is 2.96. The van der Waals surface area contributed by atoms with Gasteiger partial charge in [-0.2, -0.15) is 0 Å². The lowest BCUT2D eigenvalue weighted by molar-refractivity contribution is 1.16. The van der Waals surface area contributed by atoms with Crippen LogP contribution in [0.3, 0.4) is 0 Å². The zero-order valence-electron chi connectivity index (χ0n) is 7.73. The van der Waals surface area contributed by atoms with Gasteiger partial charge in [-0.25, -0.2) is 0 Å². The third kappa shape index (κ3) is 4.52. The molecular weight excluding hydrogens is 333 g/mol. The smallest absolute Gasteiger partial charge is 0.0786 e. The number of halogens is 6. The van der Waals surface area contributed by atoms with E-state index in [0.29, 0.717) is 0 Å². The molecule has 0 atom stereocenters. The Labute approximate surface area is 124 Å². The molecule has 6 heteroatoms. The van der Waals surface area contributed by atoms with E-state index in [9.17, 15) is 0 Å². The third-order valence-corrected chi connectivity index (χ3v) is 2.94. The quantitative estimate of drug-likeness (QED) is 0.567. The van der Waals surface area contributed by atoms with Gasteiger partial charge >= 0.3 is 0 Å². The molecule has 0 aromatic heterocycles. The lowest BCUT2D eigenvalue weighted by Crippen LogP contribution is -2.20. The molecule has 1 aromatic carbocycles. The highest BCUT2D eigenvalue weighted by molar-refractivity contribution is 6.76. The SMILES string of the molecule is ClC(Cl)(Cl)C(=Cc1ccccc1)C(Cl)(Cl)Cl. The first-order valence-corrected chi connectivity index (χ1v) is 6.39. The van der Waals surface area contributed by atoms with Crippen LogP contribution in [0, 0.1) is 0 Å². The maximum absolute atomic E-state index is 5.74. The van der Waals surface area contributed by atoms with Crippen LogP contribution in [0.1, 0.15) is 5.56 Å². The van der Waals surface area contributed by atoms with Gasteiger partial charge in [0, 0.05) is 5.57 Å². The van der Waals surface area contributed by atoms with E-state index in [1.54, 1.807) is 6.08 Å². The number of benzene rings is 1. The van der Waals surface area contributed by atoms with Crippen molar-refractivity contribution in [3.05, 3.63) is 41.5 Å². The van der Waals surface area contributed by atoms with Gasteiger partial charge in [-0.3, -0.25) is 0 Å². The molecule has 0 heterocycles. The van der Waals surface area contributed by atoms with Gasteiger partial charge in [0.2, 0.25) is 7.59 Å². The fourth-order valence-electron chi connectivity index (χ4n) is 1.04. The Morgan fingerprint density at radius 1 is 0.812 bits per heavy atom. The molecule has 0 spiro atoms. The van der Waals surface area contributed by atoms with E-state index >= 15 is 0 Å². The number of alkyl halides is 6. The molecule has 0 aliphatic carbocycles. The summed E-state index contributed by atoms with van der Waals surface area (Å²) in [5.74, 6) is 0. The second-order valence-corrected chi connectivity index (χ2v) is 7.53. The lowest BCUT2D eigenvalue weighted by atomic mass is 10.1. The summed E-state index contributed by atoms with van der Waals surface area (Å²) < 4.78 is -3.53. The summed E-state index contributed by atoms with van der Waals surface area (Å²) in [6.45, 7) is 0. The Morgan fingerprint density at radius 2 is 1.25 bits per heavy atom. The van der Waals surface area contributed by atoms with E-state index in [1.807, 2.05) is 30.3 Å². The van der Waals surface area contributed by atoms with Crippen molar-refractivity contribution in [1.29, 1.82) is 0 Å². The van der Waals surface area contributed by atoms with Gasteiger partial charge in [-0.15, -0.1) is 0 Å². The van der Waals surface area contributed by atoms with Crippen molar-refractivity contribution in [2.24, 2.45) is 0 Å². The molecule has 0 radical (unpaired) electrons. The summed E-state index contributed by atoms with van der Waals surface area (Å²) in [7, 11) is 0. The summed E-state index contributed by atoms with van der Waals surface area (Å²) in [6.07, 6.45) is 1.54. The maximum atomic E-state index is 5.74. The molecule has 0 bridgehead atoms. The van der Waals surface area contributed by atoms with Gasteiger partial charge in [-0.1, -0.05) is 99.9 Å². The van der Waals surface area contributed by atoms with E-state index in [2.05, 4.69) is 0 Å². The Morgan fingerprint density at radius 3 is 1.62 bits per heavy atom. The van der Waals surface area contributed by atoms with Crippen molar-refractivity contribution >= 4 is 75.7 Å². The van der Waals surface area contributed by atoms with Gasteiger partial charge in [0.05, 0.1) is 0 Å². The second kappa shape index (κ2) is 5.56. The van der Waals surface area contributed by atoms with Crippen LogP contribution < -0.4 is 0 Å². The fraction of sp³-hybridized carbons (Fsp3) is 0.200. The molecule has 0 aliphatic rings. The topological polar surface area (TPSA) is 0 Å². The Balaban J connectivity index is 3.19. The van der Waals surface area contributed by atoms with Crippen molar-refractivity contribution in [1.82, 2.24) is 0 Å². The maximum Gasteiger partial charge on any atom is 0.216 e. The zero-order chi connectivity index (χ0) is 12.4. The predicted octanol–water partition coefficient (Wildman–Crippen LogP) is 5.81. The minimum absolute atomic E-state index is 0.0844. The molecule has 0 aliphatic heterocycles. The number of hydrogen-bond donors (Lipinski definition) is 0. The summed E-state index contributed by atoms with van der Waals surface area (Å²) in [6, 6.07) is 9.15. The van der Waals surface area contributed by atoms with E-state index < -0.39 is 7.59 Å². The fourth-order valence-corrected chi connectivity index (χ4v) is 2.65. The highest BCUT2D eigenvalue weighted by Crippen LogP contribution is 2.48. The number of rotatable bonds is 1. The minimum Gasteiger partial charge on any atom is -0.0786 e. The Hall–Kier alpha value is 0.700. The normalized spacial score (nSPS) is 12.4. The molecule has 0 saturated carbocycles. The van der Waals surface area contributed by atoms with Crippen LogP contribution in [0.4, 0.5) is 0 Å². The minimum atomic E-state index is -1.76. The van der Waals surface area contributed by atoms with Crippen LogP contribution in [-0.4, -0.2) is 7.59 Å². The van der Waals surface area contributed by atoms with Gasteiger partial charge in [0.1, 0.15) is 0 Å². The molecule has 16 heavy (non-hydrogen) atoms. The summed E-state index contributed by atoms with van der Waals surface area (Å²) in [5, 5.41) is 0. The number of allylic oxidation sites excluding steroid dienone is 1. The standard InChI is InChI=1S/C10H6Cl6/c11-9(12,13)8(10(14,15)16)6-7-4-2-1-3-5-7/h1-6H. The molecule has 0 N–H and O–H groups in total. The third-order valence-electron chi connectivity index (χ3n) is 1.72. The van der Waals surface area contributed by atoms with Crippen LogP contribution in [0.25, 0.3) is 6.08 Å². The first kappa shape index (κ1) is 14.8. The molecule has 1 aromatic rings. The average Bonchev–Trinajstić information content (AvgIpc) is 2.12. The van der Waals surface area contributed by atoms with Crippen molar-refractivity contribution in [3.8, 4) is 0 Å². The van der Waals surface area contributed by atoms with Gasteiger partial charge in [0.25, 0.3) is 0 Å². The largest absolute Gasteiger partial charge is 0.216 e. The molecule has 1 rings (SSSR count). The van der Waals surface area contributed by atoms with Crippen molar-refractivity contribution in [2.75, 3.05) is 0 Å². The average molecular weight is 339 g/mol. The summed E-state index contributed by atoms with van der Waals surface area (Å²) >= 11 is 34.5. The molecule has 0 nitrogen and oxygen atoms in total. The summed E-state index contributed by atoms with van der Waals surface area (Å²) in [5.41, 5.74) is 0.872. The monoisotopic (exact) mass is 336 g/mol. The van der Waals surface area contributed by atoms with E-state index in [-0.39, 0.29) is 5.57 Å². The van der Waals surface area contributed by atoms with E-state index in [0.717, 1.165) is 5.56 Å². The molecule has 0 unspecified atom stereocenters. The molecule has 0 saturated heterocycles. The van der Waals surface area contributed by atoms with Crippen molar-refractivity contribution in [3.63, 3.8) is 0 Å². The number of hydrogen-bond acceptors (Lipinski definition) is 0. The predicted molar refractivity (Wildman–Crippen MR) is 75.0 cm³/mol. The first-order valence-electron chi connectivity index (χ1n) is 4.12. The van der Waals surface area contributed by atoms with E-state index in [1.165, 1.54) is 0 Å². The van der Waals surface area contributed by atoms with Gasteiger partial charge < -0.3 is 0 Å². The highest BCUT2D eigenvalue weighted by Gasteiger charge is 2.39. The lowest BCUT2D eigenvalue weighted by Gasteiger charge is -2.22. The van der Waals surface area contributed by atoms with Crippen LogP contribution in [-0.2, 0) is 0 Å². The van der Waals surface area contributed by atoms with E-state index in [4.69, 9.17) is 69.6 Å². The van der Waals surface area contributed by atoms with Gasteiger partial charge in [0.15, 0.2) is 0 Å². The molecule has 0 amide bonds.